The van der Waals surface area contributed by atoms with Gasteiger partial charge in [0.1, 0.15) is 5.82 Å². The van der Waals surface area contributed by atoms with Gasteiger partial charge in [0.2, 0.25) is 0 Å². The molecule has 20 heavy (non-hydrogen) atoms. The molecule has 1 aliphatic rings. The second kappa shape index (κ2) is 6.23. The van der Waals surface area contributed by atoms with Gasteiger partial charge in [0.05, 0.1) is 10.6 Å². The highest BCUT2D eigenvalue weighted by Gasteiger charge is 2.41. The number of carbonyl (C=O) groups is 1. The van der Waals surface area contributed by atoms with Crippen LogP contribution in [0.4, 0.5) is 4.39 Å². The van der Waals surface area contributed by atoms with E-state index >= 15 is 0 Å². The van der Waals surface area contributed by atoms with Crippen LogP contribution in [0.3, 0.4) is 0 Å². The molecule has 0 atom stereocenters. The average Bonchev–Trinajstić information content (AvgIpc) is 2.44. The molecule has 1 aliphatic carbocycles. The number of benzene rings is 1. The lowest BCUT2D eigenvalue weighted by Gasteiger charge is -2.41. The molecule has 1 saturated carbocycles. The normalized spacial score (nSPS) is 18.2. The Morgan fingerprint density at radius 3 is 2.55 bits per heavy atom. The van der Waals surface area contributed by atoms with Crippen LogP contribution in [-0.2, 0) is 11.2 Å². The monoisotopic (exact) mass is 297 g/mol. The maximum Gasteiger partial charge on any atom is 0.157 e. The SMILES string of the molecule is CN(C)C1(C(=O)Cc2cccc(Cl)c2F)CCCCC1. The zero-order chi connectivity index (χ0) is 14.8. The largest absolute Gasteiger partial charge is 0.297 e. The Balaban J connectivity index is 2.23. The number of carbonyl (C=O) groups excluding carboxylic acids is 1. The first kappa shape index (κ1) is 15.5. The predicted octanol–water partition coefficient (Wildman–Crippen LogP) is 3.86. The van der Waals surface area contributed by atoms with Crippen LogP contribution in [0.2, 0.25) is 5.02 Å². The van der Waals surface area contributed by atoms with E-state index in [2.05, 4.69) is 0 Å². The summed E-state index contributed by atoms with van der Waals surface area (Å²) < 4.78 is 14.0. The number of rotatable bonds is 4. The lowest BCUT2D eigenvalue weighted by Crippen LogP contribution is -2.53. The molecular formula is C16H21ClFNO. The molecule has 110 valence electrons. The predicted molar refractivity (Wildman–Crippen MR) is 79.6 cm³/mol. The van der Waals surface area contributed by atoms with Gasteiger partial charge in [0.15, 0.2) is 5.78 Å². The summed E-state index contributed by atoms with van der Waals surface area (Å²) in [7, 11) is 3.88. The van der Waals surface area contributed by atoms with Gasteiger partial charge in [-0.25, -0.2) is 4.39 Å². The van der Waals surface area contributed by atoms with E-state index in [0.29, 0.717) is 5.56 Å². The van der Waals surface area contributed by atoms with Gasteiger partial charge in [0.25, 0.3) is 0 Å². The van der Waals surface area contributed by atoms with Crippen molar-refractivity contribution >= 4 is 17.4 Å². The standard InChI is InChI=1S/C16H21ClFNO/c1-19(2)16(9-4-3-5-10-16)14(20)11-12-7-6-8-13(17)15(12)18/h6-8H,3-5,9-11H2,1-2H3. The first-order valence-electron chi connectivity index (χ1n) is 7.11. The molecular weight excluding hydrogens is 277 g/mol. The minimum Gasteiger partial charge on any atom is -0.297 e. The second-order valence-electron chi connectivity index (χ2n) is 5.80. The van der Waals surface area contributed by atoms with Gasteiger partial charge in [0, 0.05) is 6.42 Å². The van der Waals surface area contributed by atoms with Crippen LogP contribution in [0.1, 0.15) is 37.7 Å². The number of ketones is 1. The van der Waals surface area contributed by atoms with Crippen LogP contribution in [0.25, 0.3) is 0 Å². The van der Waals surface area contributed by atoms with Gasteiger partial charge >= 0.3 is 0 Å². The summed E-state index contributed by atoms with van der Waals surface area (Å²) in [6.45, 7) is 0. The molecule has 0 aromatic heterocycles. The van der Waals surface area contributed by atoms with Gasteiger partial charge in [-0.05, 0) is 38.6 Å². The van der Waals surface area contributed by atoms with Gasteiger partial charge in [-0.3, -0.25) is 9.69 Å². The lowest BCUT2D eigenvalue weighted by atomic mass is 9.76. The van der Waals surface area contributed by atoms with Gasteiger partial charge in [-0.15, -0.1) is 0 Å². The average molecular weight is 298 g/mol. The van der Waals surface area contributed by atoms with E-state index in [4.69, 9.17) is 11.6 Å². The van der Waals surface area contributed by atoms with Crippen molar-refractivity contribution in [1.29, 1.82) is 0 Å². The third-order valence-corrected chi connectivity index (χ3v) is 4.73. The Bertz CT molecular complexity index is 495. The molecule has 2 rings (SSSR count). The number of hydrogen-bond donors (Lipinski definition) is 0. The van der Waals surface area contributed by atoms with Crippen molar-refractivity contribution in [2.75, 3.05) is 14.1 Å². The zero-order valence-electron chi connectivity index (χ0n) is 12.1. The maximum atomic E-state index is 14.0. The Hall–Kier alpha value is -0.930. The summed E-state index contributed by atoms with van der Waals surface area (Å²) in [4.78, 5) is 14.8. The minimum absolute atomic E-state index is 0.0813. The van der Waals surface area contributed by atoms with E-state index in [9.17, 15) is 9.18 Å². The number of hydrogen-bond acceptors (Lipinski definition) is 2. The maximum absolute atomic E-state index is 14.0. The van der Waals surface area contributed by atoms with Crippen molar-refractivity contribution in [1.82, 2.24) is 4.90 Å². The molecule has 1 fully saturated rings. The van der Waals surface area contributed by atoms with E-state index in [1.54, 1.807) is 12.1 Å². The molecule has 0 amide bonds. The lowest BCUT2D eigenvalue weighted by molar-refractivity contribution is -0.131. The fourth-order valence-corrected chi connectivity index (χ4v) is 3.33. The summed E-state index contributed by atoms with van der Waals surface area (Å²) in [5, 5.41) is 0.0813. The molecule has 0 saturated heterocycles. The van der Waals surface area contributed by atoms with E-state index in [-0.39, 0.29) is 17.2 Å². The molecule has 4 heteroatoms. The van der Waals surface area contributed by atoms with Crippen molar-refractivity contribution in [3.8, 4) is 0 Å². The smallest absolute Gasteiger partial charge is 0.157 e. The molecule has 0 heterocycles. The van der Waals surface area contributed by atoms with E-state index < -0.39 is 11.4 Å². The Labute approximate surface area is 124 Å². The molecule has 0 bridgehead atoms. The van der Waals surface area contributed by atoms with Crippen LogP contribution in [-0.4, -0.2) is 30.3 Å². The third-order valence-electron chi connectivity index (χ3n) is 4.44. The molecule has 0 unspecified atom stereocenters. The Morgan fingerprint density at radius 2 is 1.95 bits per heavy atom. The van der Waals surface area contributed by atoms with Crippen molar-refractivity contribution in [2.45, 2.75) is 44.1 Å². The van der Waals surface area contributed by atoms with Crippen molar-refractivity contribution in [3.05, 3.63) is 34.6 Å². The van der Waals surface area contributed by atoms with E-state index in [1.807, 2.05) is 19.0 Å². The number of likely N-dealkylation sites (N-methyl/N-ethyl adjacent to an activating group) is 1. The van der Waals surface area contributed by atoms with Crippen LogP contribution >= 0.6 is 11.6 Å². The summed E-state index contributed by atoms with van der Waals surface area (Å²) >= 11 is 5.78. The van der Waals surface area contributed by atoms with Crippen LogP contribution in [0.5, 0.6) is 0 Å². The van der Waals surface area contributed by atoms with Gasteiger partial charge < -0.3 is 0 Å². The summed E-state index contributed by atoms with van der Waals surface area (Å²) in [5.74, 6) is -0.365. The second-order valence-corrected chi connectivity index (χ2v) is 6.21. The topological polar surface area (TPSA) is 20.3 Å². The summed E-state index contributed by atoms with van der Waals surface area (Å²) in [5.41, 5.74) is -0.0400. The number of Topliss-reactive ketones (excluding diaryl/α,β-unsaturated/α-hetero) is 1. The fourth-order valence-electron chi connectivity index (χ4n) is 3.13. The first-order chi connectivity index (χ1) is 9.47. The molecule has 0 radical (unpaired) electrons. The molecule has 2 nitrogen and oxygen atoms in total. The van der Waals surface area contributed by atoms with Crippen molar-refractivity contribution < 1.29 is 9.18 Å². The fraction of sp³-hybridized carbons (Fsp3) is 0.562. The summed E-state index contributed by atoms with van der Waals surface area (Å²) in [6.07, 6.45) is 5.13. The van der Waals surface area contributed by atoms with Crippen LogP contribution < -0.4 is 0 Å². The molecule has 1 aromatic carbocycles. The number of halogens is 2. The Morgan fingerprint density at radius 1 is 1.30 bits per heavy atom. The Kier molecular flexibility index (Phi) is 4.82. The third kappa shape index (κ3) is 2.89. The number of nitrogens with zero attached hydrogens (tertiary/aromatic N) is 1. The quantitative estimate of drug-likeness (QED) is 0.841. The van der Waals surface area contributed by atoms with Crippen LogP contribution in [0, 0.1) is 5.82 Å². The molecule has 1 aromatic rings. The van der Waals surface area contributed by atoms with E-state index in [1.165, 1.54) is 12.5 Å². The van der Waals surface area contributed by atoms with Crippen molar-refractivity contribution in [2.24, 2.45) is 0 Å². The summed E-state index contributed by atoms with van der Waals surface area (Å²) in [6, 6.07) is 4.84. The highest BCUT2D eigenvalue weighted by atomic mass is 35.5. The van der Waals surface area contributed by atoms with Gasteiger partial charge in [-0.1, -0.05) is 43.0 Å². The highest BCUT2D eigenvalue weighted by Crippen LogP contribution is 2.34. The highest BCUT2D eigenvalue weighted by molar-refractivity contribution is 6.30. The molecule has 0 aliphatic heterocycles. The van der Waals surface area contributed by atoms with E-state index in [0.717, 1.165) is 25.7 Å². The first-order valence-corrected chi connectivity index (χ1v) is 7.49. The van der Waals surface area contributed by atoms with Crippen molar-refractivity contribution in [3.63, 3.8) is 0 Å². The minimum atomic E-state index is -0.466. The zero-order valence-corrected chi connectivity index (χ0v) is 12.8. The van der Waals surface area contributed by atoms with Crippen LogP contribution in [0.15, 0.2) is 18.2 Å². The molecule has 0 N–H and O–H groups in total. The molecule has 0 spiro atoms. The van der Waals surface area contributed by atoms with Gasteiger partial charge in [-0.2, -0.15) is 0 Å².